The lowest BCUT2D eigenvalue weighted by Gasteiger charge is -2.36. The fraction of sp³-hybridized carbons (Fsp3) is 0.269. The minimum Gasteiger partial charge on any atom is -0.368 e. The van der Waals surface area contributed by atoms with Gasteiger partial charge in [0.25, 0.3) is 5.91 Å². The van der Waals surface area contributed by atoms with Crippen molar-refractivity contribution in [2.24, 2.45) is 0 Å². The van der Waals surface area contributed by atoms with Gasteiger partial charge in [-0.2, -0.15) is 0 Å². The maximum absolute atomic E-state index is 13.4. The van der Waals surface area contributed by atoms with Crippen molar-refractivity contribution in [3.05, 3.63) is 78.1 Å². The van der Waals surface area contributed by atoms with E-state index in [1.54, 1.807) is 24.0 Å². The lowest BCUT2D eigenvalue weighted by Crippen LogP contribution is -2.52. The Labute approximate surface area is 196 Å². The molecule has 2 heterocycles. The Morgan fingerprint density at radius 1 is 0.941 bits per heavy atom. The quantitative estimate of drug-likeness (QED) is 0.608. The van der Waals surface area contributed by atoms with E-state index in [0.29, 0.717) is 31.7 Å². The molecule has 174 valence electrons. The number of hydrogen-bond donors (Lipinski definition) is 1. The number of piperazine rings is 1. The number of fused-ring (bicyclic) bond motifs is 1. The number of urea groups is 1. The van der Waals surface area contributed by atoms with Crippen molar-refractivity contribution in [2.45, 2.75) is 12.5 Å². The zero-order valence-electron chi connectivity index (χ0n) is 18.8. The lowest BCUT2D eigenvalue weighted by molar-refractivity contribution is -0.139. The van der Waals surface area contributed by atoms with Crippen LogP contribution in [0.15, 0.2) is 66.7 Å². The smallest absolute Gasteiger partial charge is 0.325 e. The van der Waals surface area contributed by atoms with E-state index in [-0.39, 0.29) is 18.3 Å². The molecule has 0 saturated carbocycles. The van der Waals surface area contributed by atoms with E-state index in [1.807, 2.05) is 42.5 Å². The Morgan fingerprint density at radius 3 is 2.35 bits per heavy atom. The van der Waals surface area contributed by atoms with Gasteiger partial charge in [-0.1, -0.05) is 42.5 Å². The van der Waals surface area contributed by atoms with Gasteiger partial charge >= 0.3 is 6.03 Å². The molecule has 2 aliphatic rings. The number of nitrogens with one attached hydrogen (secondary N) is 1. The summed E-state index contributed by atoms with van der Waals surface area (Å²) in [4.78, 5) is 43.9. The molecule has 8 heteroatoms. The minimum atomic E-state index is -1.25. The molecule has 0 aliphatic carbocycles. The van der Waals surface area contributed by atoms with Gasteiger partial charge in [0.2, 0.25) is 5.91 Å². The third-order valence-electron chi connectivity index (χ3n) is 6.72. The highest BCUT2D eigenvalue weighted by Crippen LogP contribution is 2.33. The fourth-order valence-electron chi connectivity index (χ4n) is 4.79. The molecule has 1 N–H and O–H groups in total. The van der Waals surface area contributed by atoms with Gasteiger partial charge in [-0.3, -0.25) is 14.5 Å². The van der Waals surface area contributed by atoms with Gasteiger partial charge in [-0.15, -0.1) is 0 Å². The Kier molecular flexibility index (Phi) is 5.43. The number of halogens is 1. The molecule has 3 aromatic carbocycles. The molecule has 34 heavy (non-hydrogen) atoms. The first-order valence-electron chi connectivity index (χ1n) is 11.3. The number of nitrogens with zero attached hydrogens (tertiary/aromatic N) is 3. The summed E-state index contributed by atoms with van der Waals surface area (Å²) >= 11 is 0. The highest BCUT2D eigenvalue weighted by atomic mass is 19.1. The predicted octanol–water partition coefficient (Wildman–Crippen LogP) is 3.09. The maximum atomic E-state index is 13.4. The molecule has 5 rings (SSSR count). The van der Waals surface area contributed by atoms with Crippen molar-refractivity contribution >= 4 is 34.3 Å². The number of anilines is 1. The number of rotatable bonds is 4. The first kappa shape index (κ1) is 21.9. The summed E-state index contributed by atoms with van der Waals surface area (Å²) in [6.45, 7) is 3.47. The topological polar surface area (TPSA) is 73.0 Å². The third-order valence-corrected chi connectivity index (χ3v) is 6.72. The molecule has 0 aromatic heterocycles. The molecular formula is C26H25FN4O3. The second-order valence-electron chi connectivity index (χ2n) is 8.82. The van der Waals surface area contributed by atoms with Crippen LogP contribution in [0.4, 0.5) is 14.9 Å². The molecule has 2 fully saturated rings. The molecule has 3 aromatic rings. The number of carbonyl (C=O) groups excluding carboxylic acids is 3. The Bertz CT molecular complexity index is 1270. The summed E-state index contributed by atoms with van der Waals surface area (Å²) in [5.41, 5.74) is 0.347. The molecule has 0 radical (unpaired) electrons. The summed E-state index contributed by atoms with van der Waals surface area (Å²) in [6, 6.07) is 19.0. The molecule has 0 spiro atoms. The van der Waals surface area contributed by atoms with Gasteiger partial charge < -0.3 is 15.1 Å². The van der Waals surface area contributed by atoms with Crippen LogP contribution < -0.4 is 10.2 Å². The molecule has 0 bridgehead atoms. The van der Waals surface area contributed by atoms with Crippen molar-refractivity contribution in [1.82, 2.24) is 15.1 Å². The molecule has 7 nitrogen and oxygen atoms in total. The van der Waals surface area contributed by atoms with Crippen LogP contribution in [0.1, 0.15) is 12.5 Å². The van der Waals surface area contributed by atoms with Crippen LogP contribution in [0.3, 0.4) is 0 Å². The Hall–Kier alpha value is -3.94. The van der Waals surface area contributed by atoms with Crippen molar-refractivity contribution in [1.29, 1.82) is 0 Å². The van der Waals surface area contributed by atoms with E-state index in [0.717, 1.165) is 21.4 Å². The highest BCUT2D eigenvalue weighted by Gasteiger charge is 2.50. The van der Waals surface area contributed by atoms with E-state index < -0.39 is 17.5 Å². The van der Waals surface area contributed by atoms with Crippen molar-refractivity contribution in [3.8, 4) is 0 Å². The zero-order chi connectivity index (χ0) is 23.9. The van der Waals surface area contributed by atoms with E-state index in [2.05, 4.69) is 10.2 Å². The maximum Gasteiger partial charge on any atom is 0.325 e. The van der Waals surface area contributed by atoms with Gasteiger partial charge in [-0.25, -0.2) is 9.18 Å². The average Bonchev–Trinajstić information content (AvgIpc) is 3.08. The summed E-state index contributed by atoms with van der Waals surface area (Å²) in [7, 11) is 0. The number of carbonyl (C=O) groups is 3. The van der Waals surface area contributed by atoms with Crippen LogP contribution in [0.25, 0.3) is 10.8 Å². The van der Waals surface area contributed by atoms with Crippen LogP contribution in [0.2, 0.25) is 0 Å². The number of hydrogen-bond acceptors (Lipinski definition) is 4. The Morgan fingerprint density at radius 2 is 1.62 bits per heavy atom. The van der Waals surface area contributed by atoms with Gasteiger partial charge in [0, 0.05) is 31.9 Å². The van der Waals surface area contributed by atoms with Crippen molar-refractivity contribution in [2.75, 3.05) is 37.6 Å². The number of amides is 4. The third kappa shape index (κ3) is 3.75. The van der Waals surface area contributed by atoms with Gasteiger partial charge in [-0.05, 0) is 47.5 Å². The highest BCUT2D eigenvalue weighted by molar-refractivity contribution is 6.10. The summed E-state index contributed by atoms with van der Waals surface area (Å²) in [5, 5.41) is 4.66. The fourth-order valence-corrected chi connectivity index (χ4v) is 4.79. The standard InChI is InChI=1S/C26H25FN4O3/c1-26(22-8-4-6-18-5-2-3-7-21(18)22)24(33)31(25(34)28-26)17-23(32)30-15-13-29(14-16-30)20-11-9-19(27)10-12-20/h2-12H,13-17H2,1H3,(H,28,34). The van der Waals surface area contributed by atoms with Crippen molar-refractivity contribution < 1.29 is 18.8 Å². The van der Waals surface area contributed by atoms with Crippen LogP contribution in [0, 0.1) is 5.82 Å². The SMILES string of the molecule is CC1(c2cccc3ccccc23)NC(=O)N(CC(=O)N2CCN(c3ccc(F)cc3)CC2)C1=O. The summed E-state index contributed by atoms with van der Waals surface area (Å²) in [6.07, 6.45) is 0. The van der Waals surface area contributed by atoms with Gasteiger partial charge in [0.1, 0.15) is 17.9 Å². The van der Waals surface area contributed by atoms with Crippen LogP contribution in [-0.2, 0) is 15.1 Å². The van der Waals surface area contributed by atoms with Crippen LogP contribution in [-0.4, -0.2) is 60.4 Å². The lowest BCUT2D eigenvalue weighted by atomic mass is 9.88. The second kappa shape index (κ2) is 8.44. The number of imide groups is 1. The summed E-state index contributed by atoms with van der Waals surface area (Å²) < 4.78 is 13.2. The van der Waals surface area contributed by atoms with E-state index in [1.165, 1.54) is 12.1 Å². The first-order chi connectivity index (χ1) is 16.4. The van der Waals surface area contributed by atoms with E-state index in [4.69, 9.17) is 0 Å². The second-order valence-corrected chi connectivity index (χ2v) is 8.82. The Balaban J connectivity index is 1.28. The van der Waals surface area contributed by atoms with Crippen LogP contribution in [0.5, 0.6) is 0 Å². The zero-order valence-corrected chi connectivity index (χ0v) is 18.8. The average molecular weight is 461 g/mol. The van der Waals surface area contributed by atoms with E-state index >= 15 is 0 Å². The normalized spacial score (nSPS) is 20.7. The van der Waals surface area contributed by atoms with Crippen LogP contribution >= 0.6 is 0 Å². The molecule has 2 aliphatic heterocycles. The van der Waals surface area contributed by atoms with E-state index in [9.17, 15) is 18.8 Å². The van der Waals surface area contributed by atoms with Gasteiger partial charge in [0.05, 0.1) is 0 Å². The summed E-state index contributed by atoms with van der Waals surface area (Å²) in [5.74, 6) is -1.00. The largest absolute Gasteiger partial charge is 0.368 e. The first-order valence-corrected chi connectivity index (χ1v) is 11.3. The molecule has 2 saturated heterocycles. The predicted molar refractivity (Wildman–Crippen MR) is 127 cm³/mol. The molecule has 4 amide bonds. The molecule has 1 unspecified atom stereocenters. The number of benzene rings is 3. The van der Waals surface area contributed by atoms with Gasteiger partial charge in [0.15, 0.2) is 0 Å². The minimum absolute atomic E-state index is 0.274. The molecule has 1 atom stereocenters. The van der Waals surface area contributed by atoms with Crippen molar-refractivity contribution in [3.63, 3.8) is 0 Å². The molecular weight excluding hydrogens is 435 g/mol. The monoisotopic (exact) mass is 460 g/mol.